The van der Waals surface area contributed by atoms with Gasteiger partial charge in [0.1, 0.15) is 5.82 Å². The predicted octanol–water partition coefficient (Wildman–Crippen LogP) is 3.33. The fourth-order valence-corrected chi connectivity index (χ4v) is 2.03. The maximum atomic E-state index is 12.3. The Kier molecular flexibility index (Phi) is 2.64. The van der Waals surface area contributed by atoms with Crippen LogP contribution in [0.3, 0.4) is 0 Å². The lowest BCUT2D eigenvalue weighted by Gasteiger charge is -1.97. The highest BCUT2D eigenvalue weighted by Gasteiger charge is 2.11. The Bertz CT molecular complexity index is 451. The van der Waals surface area contributed by atoms with Crippen molar-refractivity contribution < 1.29 is 8.78 Å². The number of nitrogens with zero attached hydrogens (tertiary/aromatic N) is 1. The van der Waals surface area contributed by atoms with Crippen LogP contribution in [-0.4, -0.2) is 4.98 Å². The fraction of sp³-hybridized carbons (Fsp3) is 0.100. The Balaban J connectivity index is 2.33. The second-order valence-corrected chi connectivity index (χ2v) is 4.09. The molecule has 2 rings (SSSR count). The van der Waals surface area contributed by atoms with Crippen LogP contribution in [0.2, 0.25) is 0 Å². The average molecular weight is 226 g/mol. The summed E-state index contributed by atoms with van der Waals surface area (Å²) in [7, 11) is 0. The number of nitrogens with two attached hydrogens (primary N) is 1. The van der Waals surface area contributed by atoms with Gasteiger partial charge in [0.15, 0.2) is 0 Å². The van der Waals surface area contributed by atoms with Crippen LogP contribution in [0.15, 0.2) is 30.5 Å². The van der Waals surface area contributed by atoms with E-state index in [0.717, 1.165) is 21.8 Å². The van der Waals surface area contributed by atoms with Gasteiger partial charge in [-0.2, -0.15) is 0 Å². The van der Waals surface area contributed by atoms with Gasteiger partial charge in [0.2, 0.25) is 0 Å². The smallest absolute Gasteiger partial charge is 0.272 e. The summed E-state index contributed by atoms with van der Waals surface area (Å²) in [5.41, 5.74) is 6.24. The number of hydrogen-bond acceptors (Lipinski definition) is 3. The monoisotopic (exact) mass is 226 g/mol. The van der Waals surface area contributed by atoms with E-state index in [2.05, 4.69) is 4.98 Å². The molecule has 2 aromatic rings. The van der Waals surface area contributed by atoms with E-state index >= 15 is 0 Å². The minimum absolute atomic E-state index is 0.0711. The van der Waals surface area contributed by atoms with Crippen LogP contribution in [0, 0.1) is 0 Å². The second-order valence-electron chi connectivity index (χ2n) is 2.97. The van der Waals surface area contributed by atoms with Gasteiger partial charge in [0.05, 0.1) is 4.88 Å². The van der Waals surface area contributed by atoms with Crippen LogP contribution < -0.4 is 5.73 Å². The molecule has 5 heteroatoms. The van der Waals surface area contributed by atoms with Crippen molar-refractivity contribution in [1.29, 1.82) is 0 Å². The lowest BCUT2D eigenvalue weighted by atomic mass is 10.2. The highest BCUT2D eigenvalue weighted by atomic mass is 32.1. The lowest BCUT2D eigenvalue weighted by molar-refractivity contribution is 0.155. The molecule has 2 nitrogen and oxygen atoms in total. The highest BCUT2D eigenvalue weighted by Crippen LogP contribution is 2.33. The third-order valence-corrected chi connectivity index (χ3v) is 3.05. The quantitative estimate of drug-likeness (QED) is 0.853. The normalized spacial score (nSPS) is 10.9. The van der Waals surface area contributed by atoms with Crippen molar-refractivity contribution >= 4 is 17.2 Å². The number of anilines is 1. The van der Waals surface area contributed by atoms with E-state index < -0.39 is 6.43 Å². The van der Waals surface area contributed by atoms with Crippen LogP contribution >= 0.6 is 11.3 Å². The minimum atomic E-state index is -2.41. The zero-order chi connectivity index (χ0) is 10.8. The Morgan fingerprint density at radius 1 is 1.20 bits per heavy atom. The number of aromatic nitrogens is 1. The summed E-state index contributed by atoms with van der Waals surface area (Å²) in [5, 5.41) is 0. The first kappa shape index (κ1) is 10.0. The first-order chi connectivity index (χ1) is 7.16. The SMILES string of the molecule is Nc1ccc(-c2ccc(C(F)F)s2)cn1. The molecule has 0 saturated carbocycles. The molecule has 0 aliphatic heterocycles. The molecule has 15 heavy (non-hydrogen) atoms. The molecule has 0 radical (unpaired) electrons. The van der Waals surface area contributed by atoms with Crippen molar-refractivity contribution in [3.8, 4) is 10.4 Å². The molecule has 0 fully saturated rings. The molecule has 2 N–H and O–H groups in total. The van der Waals surface area contributed by atoms with Crippen LogP contribution in [0.25, 0.3) is 10.4 Å². The zero-order valence-electron chi connectivity index (χ0n) is 7.65. The zero-order valence-corrected chi connectivity index (χ0v) is 8.47. The standard InChI is InChI=1S/C10H8F2N2S/c11-10(12)8-3-2-7(15-8)6-1-4-9(13)14-5-6/h1-5,10H,(H2,13,14). The summed E-state index contributed by atoms with van der Waals surface area (Å²) in [6.07, 6.45) is -0.832. The Hall–Kier alpha value is -1.49. The summed E-state index contributed by atoms with van der Waals surface area (Å²) in [5.74, 6) is 0.421. The first-order valence-electron chi connectivity index (χ1n) is 4.26. The van der Waals surface area contributed by atoms with Gasteiger partial charge in [-0.1, -0.05) is 0 Å². The van der Waals surface area contributed by atoms with Crippen LogP contribution in [-0.2, 0) is 0 Å². The Morgan fingerprint density at radius 2 is 2.00 bits per heavy atom. The number of nitrogen functional groups attached to an aromatic ring is 1. The molecule has 0 unspecified atom stereocenters. The van der Waals surface area contributed by atoms with Crippen molar-refractivity contribution in [3.63, 3.8) is 0 Å². The third kappa shape index (κ3) is 2.12. The second kappa shape index (κ2) is 3.94. The number of thiophene rings is 1. The van der Waals surface area contributed by atoms with E-state index in [0.29, 0.717) is 5.82 Å². The van der Waals surface area contributed by atoms with Gasteiger partial charge in [-0.3, -0.25) is 0 Å². The van der Waals surface area contributed by atoms with Gasteiger partial charge >= 0.3 is 0 Å². The molecule has 2 aromatic heterocycles. The van der Waals surface area contributed by atoms with E-state index in [1.807, 2.05) is 0 Å². The van der Waals surface area contributed by atoms with Gasteiger partial charge < -0.3 is 5.73 Å². The summed E-state index contributed by atoms with van der Waals surface area (Å²) < 4.78 is 24.7. The van der Waals surface area contributed by atoms with E-state index in [1.54, 1.807) is 24.4 Å². The third-order valence-electron chi connectivity index (χ3n) is 1.91. The molecule has 0 aromatic carbocycles. The molecule has 0 spiro atoms. The molecule has 0 atom stereocenters. The summed E-state index contributed by atoms with van der Waals surface area (Å²) >= 11 is 1.07. The van der Waals surface area contributed by atoms with E-state index in [4.69, 9.17) is 5.73 Å². The molecule has 2 heterocycles. The van der Waals surface area contributed by atoms with Crippen LogP contribution in [0.1, 0.15) is 11.3 Å². The molecular formula is C10H8F2N2S. The van der Waals surface area contributed by atoms with Crippen molar-refractivity contribution in [1.82, 2.24) is 4.98 Å². The van der Waals surface area contributed by atoms with Gasteiger partial charge in [0, 0.05) is 16.6 Å². The molecular weight excluding hydrogens is 218 g/mol. The van der Waals surface area contributed by atoms with Gasteiger partial charge in [-0.15, -0.1) is 11.3 Å². The van der Waals surface area contributed by atoms with Gasteiger partial charge in [-0.05, 0) is 24.3 Å². The molecule has 0 amide bonds. The molecule has 0 saturated heterocycles. The number of halogens is 2. The largest absolute Gasteiger partial charge is 0.384 e. The van der Waals surface area contributed by atoms with E-state index in [9.17, 15) is 8.78 Å². The number of hydrogen-bond donors (Lipinski definition) is 1. The minimum Gasteiger partial charge on any atom is -0.384 e. The Labute approximate surface area is 89.4 Å². The van der Waals surface area contributed by atoms with Crippen molar-refractivity contribution in [3.05, 3.63) is 35.3 Å². The summed E-state index contributed by atoms with van der Waals surface area (Å²) in [6, 6.07) is 6.51. The molecule has 0 bridgehead atoms. The number of rotatable bonds is 2. The summed E-state index contributed by atoms with van der Waals surface area (Å²) in [4.78, 5) is 4.75. The van der Waals surface area contributed by atoms with Gasteiger partial charge in [-0.25, -0.2) is 13.8 Å². The molecule has 0 aliphatic carbocycles. The predicted molar refractivity (Wildman–Crippen MR) is 56.9 cm³/mol. The van der Waals surface area contributed by atoms with Crippen LogP contribution in [0.5, 0.6) is 0 Å². The number of pyridine rings is 1. The lowest BCUT2D eigenvalue weighted by Crippen LogP contribution is -1.87. The maximum absolute atomic E-state index is 12.3. The van der Waals surface area contributed by atoms with Crippen LogP contribution in [0.4, 0.5) is 14.6 Å². The highest BCUT2D eigenvalue weighted by molar-refractivity contribution is 7.15. The van der Waals surface area contributed by atoms with Crippen molar-refractivity contribution in [2.45, 2.75) is 6.43 Å². The topological polar surface area (TPSA) is 38.9 Å². The van der Waals surface area contributed by atoms with E-state index in [1.165, 1.54) is 6.07 Å². The Morgan fingerprint density at radius 3 is 2.53 bits per heavy atom. The first-order valence-corrected chi connectivity index (χ1v) is 5.08. The van der Waals surface area contributed by atoms with Crippen molar-refractivity contribution in [2.75, 3.05) is 5.73 Å². The van der Waals surface area contributed by atoms with Gasteiger partial charge in [0.25, 0.3) is 6.43 Å². The molecule has 0 aliphatic rings. The fourth-order valence-electron chi connectivity index (χ4n) is 1.18. The maximum Gasteiger partial charge on any atom is 0.272 e. The van der Waals surface area contributed by atoms with Crippen molar-refractivity contribution in [2.24, 2.45) is 0 Å². The number of alkyl halides is 2. The summed E-state index contributed by atoms with van der Waals surface area (Å²) in [6.45, 7) is 0. The molecule has 78 valence electrons. The van der Waals surface area contributed by atoms with E-state index in [-0.39, 0.29) is 4.88 Å². The average Bonchev–Trinajstić information content (AvgIpc) is 2.68.